The van der Waals surface area contributed by atoms with Crippen molar-refractivity contribution in [1.82, 2.24) is 4.98 Å². The second kappa shape index (κ2) is 5.13. The first-order valence-corrected chi connectivity index (χ1v) is 6.32. The number of aromatic nitrogens is 1. The van der Waals surface area contributed by atoms with Crippen molar-refractivity contribution in [2.45, 2.75) is 0 Å². The van der Waals surface area contributed by atoms with Crippen molar-refractivity contribution in [1.29, 1.82) is 0 Å². The Kier molecular flexibility index (Phi) is 3.16. The van der Waals surface area contributed by atoms with Crippen LogP contribution in [-0.2, 0) is 0 Å². The molecule has 0 atom stereocenters. The predicted octanol–water partition coefficient (Wildman–Crippen LogP) is 3.38. The minimum absolute atomic E-state index is 0.164. The molecule has 21 heavy (non-hydrogen) atoms. The smallest absolute Gasteiger partial charge is 0.336 e. The Morgan fingerprint density at radius 2 is 1.81 bits per heavy atom. The van der Waals surface area contributed by atoms with Crippen LogP contribution in [0.1, 0.15) is 10.4 Å². The summed E-state index contributed by atoms with van der Waals surface area (Å²) in [6, 6.07) is 13.3. The van der Waals surface area contributed by atoms with Gasteiger partial charge >= 0.3 is 5.97 Å². The summed E-state index contributed by atoms with van der Waals surface area (Å²) in [4.78, 5) is 15.6. The molecule has 0 amide bonds. The van der Waals surface area contributed by atoms with Crippen LogP contribution >= 0.6 is 0 Å². The van der Waals surface area contributed by atoms with Crippen molar-refractivity contribution in [2.24, 2.45) is 0 Å². The van der Waals surface area contributed by atoms with Crippen LogP contribution in [0.5, 0.6) is 5.75 Å². The van der Waals surface area contributed by atoms with Crippen molar-refractivity contribution in [3.63, 3.8) is 0 Å². The second-order valence-corrected chi connectivity index (χ2v) is 4.54. The van der Waals surface area contributed by atoms with Crippen LogP contribution in [0, 0.1) is 0 Å². The first kappa shape index (κ1) is 12.9. The van der Waals surface area contributed by atoms with Crippen molar-refractivity contribution in [3.05, 3.63) is 60.3 Å². The van der Waals surface area contributed by atoms with E-state index in [0.29, 0.717) is 16.9 Å². The van der Waals surface area contributed by atoms with Crippen LogP contribution in [0.15, 0.2) is 54.7 Å². The number of phenolic OH excluding ortho intramolecular Hbond substituents is 1. The van der Waals surface area contributed by atoms with E-state index in [0.717, 1.165) is 5.39 Å². The van der Waals surface area contributed by atoms with E-state index in [9.17, 15) is 15.0 Å². The third-order valence-corrected chi connectivity index (χ3v) is 3.15. The minimum atomic E-state index is -0.998. The van der Waals surface area contributed by atoms with E-state index in [1.165, 1.54) is 0 Å². The molecule has 0 saturated heterocycles. The maximum Gasteiger partial charge on any atom is 0.336 e. The van der Waals surface area contributed by atoms with E-state index in [4.69, 9.17) is 0 Å². The number of carbonyl (C=O) groups is 1. The van der Waals surface area contributed by atoms with Gasteiger partial charge in [0.2, 0.25) is 0 Å². The fourth-order valence-corrected chi connectivity index (χ4v) is 2.18. The molecular weight excluding hydrogens is 268 g/mol. The summed E-state index contributed by atoms with van der Waals surface area (Å²) in [5.41, 5.74) is 0.912. The number of aromatic hydroxyl groups is 1. The molecule has 0 aliphatic rings. The van der Waals surface area contributed by atoms with E-state index >= 15 is 0 Å². The zero-order chi connectivity index (χ0) is 14.8. The number of anilines is 2. The number of phenols is 1. The first-order valence-electron chi connectivity index (χ1n) is 6.32. The Bertz CT molecular complexity index is 808. The molecule has 0 unspecified atom stereocenters. The number of carboxylic acids is 1. The fourth-order valence-electron chi connectivity index (χ4n) is 2.18. The molecule has 0 bridgehead atoms. The lowest BCUT2D eigenvalue weighted by atomic mass is 10.1. The highest BCUT2D eigenvalue weighted by molar-refractivity contribution is 6.08. The molecule has 1 aromatic heterocycles. The van der Waals surface area contributed by atoms with Gasteiger partial charge in [0.15, 0.2) is 0 Å². The standard InChI is InChI=1S/C16H12N2O3/c19-12-6-4-11(5-7-12)18-15-14-10(8-9-17-15)2-1-3-13(14)16(20)21/h1-9,19H,(H,17,18)(H,20,21). The highest BCUT2D eigenvalue weighted by Crippen LogP contribution is 2.28. The van der Waals surface area contributed by atoms with Crippen LogP contribution in [-0.4, -0.2) is 21.2 Å². The van der Waals surface area contributed by atoms with Crippen LogP contribution in [0.4, 0.5) is 11.5 Å². The average Bonchev–Trinajstić information content (AvgIpc) is 2.49. The molecule has 0 spiro atoms. The molecule has 0 aliphatic heterocycles. The van der Waals surface area contributed by atoms with E-state index in [1.807, 2.05) is 6.07 Å². The van der Waals surface area contributed by atoms with Gasteiger partial charge in [-0.3, -0.25) is 0 Å². The lowest BCUT2D eigenvalue weighted by Crippen LogP contribution is -2.01. The Morgan fingerprint density at radius 1 is 1.05 bits per heavy atom. The molecule has 0 saturated carbocycles. The minimum Gasteiger partial charge on any atom is -0.508 e. The van der Waals surface area contributed by atoms with Crippen LogP contribution in [0.25, 0.3) is 10.8 Å². The molecule has 3 N–H and O–H groups in total. The monoisotopic (exact) mass is 280 g/mol. The molecule has 3 rings (SSSR count). The predicted molar refractivity (Wildman–Crippen MR) is 80.1 cm³/mol. The van der Waals surface area contributed by atoms with Crippen LogP contribution in [0.2, 0.25) is 0 Å². The lowest BCUT2D eigenvalue weighted by molar-refractivity contribution is 0.0699. The van der Waals surface area contributed by atoms with E-state index in [-0.39, 0.29) is 11.3 Å². The Morgan fingerprint density at radius 3 is 2.52 bits per heavy atom. The number of fused-ring (bicyclic) bond motifs is 1. The van der Waals surface area contributed by atoms with E-state index in [2.05, 4.69) is 10.3 Å². The van der Waals surface area contributed by atoms with Crippen LogP contribution in [0.3, 0.4) is 0 Å². The van der Waals surface area contributed by atoms with Crippen molar-refractivity contribution >= 4 is 28.2 Å². The Balaban J connectivity index is 2.13. The van der Waals surface area contributed by atoms with Crippen molar-refractivity contribution in [3.8, 4) is 5.75 Å². The van der Waals surface area contributed by atoms with Gasteiger partial charge in [-0.2, -0.15) is 0 Å². The number of nitrogens with one attached hydrogen (secondary N) is 1. The van der Waals surface area contributed by atoms with E-state index < -0.39 is 5.97 Å². The average molecular weight is 280 g/mol. The van der Waals surface area contributed by atoms with Gasteiger partial charge in [0.05, 0.1) is 5.56 Å². The topological polar surface area (TPSA) is 82.5 Å². The highest BCUT2D eigenvalue weighted by atomic mass is 16.4. The fraction of sp³-hybridized carbons (Fsp3) is 0. The quantitative estimate of drug-likeness (QED) is 0.641. The van der Waals surface area contributed by atoms with Gasteiger partial charge in [-0.25, -0.2) is 9.78 Å². The molecule has 104 valence electrons. The van der Waals surface area contributed by atoms with Gasteiger partial charge in [-0.1, -0.05) is 12.1 Å². The normalized spacial score (nSPS) is 10.5. The lowest BCUT2D eigenvalue weighted by Gasteiger charge is -2.10. The maximum atomic E-state index is 11.4. The van der Waals surface area contributed by atoms with Gasteiger partial charge in [-0.15, -0.1) is 0 Å². The van der Waals surface area contributed by atoms with Gasteiger partial charge in [0.25, 0.3) is 0 Å². The maximum absolute atomic E-state index is 11.4. The second-order valence-electron chi connectivity index (χ2n) is 4.54. The molecule has 0 fully saturated rings. The number of rotatable bonds is 3. The number of nitrogens with zero attached hydrogens (tertiary/aromatic N) is 1. The van der Waals surface area contributed by atoms with Gasteiger partial charge in [-0.05, 0) is 41.8 Å². The summed E-state index contributed by atoms with van der Waals surface area (Å²) in [5.74, 6) is -0.365. The molecule has 3 aromatic rings. The summed E-state index contributed by atoms with van der Waals surface area (Å²) in [7, 11) is 0. The summed E-state index contributed by atoms with van der Waals surface area (Å²) in [6.45, 7) is 0. The van der Waals surface area contributed by atoms with Gasteiger partial charge < -0.3 is 15.5 Å². The summed E-state index contributed by atoms with van der Waals surface area (Å²) >= 11 is 0. The van der Waals surface area contributed by atoms with E-state index in [1.54, 1.807) is 48.7 Å². The molecule has 0 radical (unpaired) electrons. The Hall–Kier alpha value is -3.08. The summed E-state index contributed by atoms with van der Waals surface area (Å²) < 4.78 is 0. The first-order chi connectivity index (χ1) is 10.1. The molecular formula is C16H12N2O3. The highest BCUT2D eigenvalue weighted by Gasteiger charge is 2.12. The molecule has 0 aliphatic carbocycles. The third kappa shape index (κ3) is 2.49. The van der Waals surface area contributed by atoms with Crippen molar-refractivity contribution in [2.75, 3.05) is 5.32 Å². The number of pyridine rings is 1. The summed E-state index contributed by atoms with van der Waals surface area (Å²) in [6.07, 6.45) is 1.62. The van der Waals surface area contributed by atoms with Crippen molar-refractivity contribution < 1.29 is 15.0 Å². The zero-order valence-corrected chi connectivity index (χ0v) is 10.9. The van der Waals surface area contributed by atoms with Crippen LogP contribution < -0.4 is 5.32 Å². The number of aromatic carboxylic acids is 1. The molecule has 5 nitrogen and oxygen atoms in total. The number of hydrogen-bond acceptors (Lipinski definition) is 4. The number of benzene rings is 2. The molecule has 5 heteroatoms. The number of carboxylic acid groups (broad SMARTS) is 1. The Labute approximate surface area is 120 Å². The zero-order valence-electron chi connectivity index (χ0n) is 10.9. The summed E-state index contributed by atoms with van der Waals surface area (Å²) in [5, 5.41) is 23.0. The largest absolute Gasteiger partial charge is 0.508 e. The van der Waals surface area contributed by atoms with Gasteiger partial charge in [0.1, 0.15) is 11.6 Å². The molecule has 1 heterocycles. The molecule has 2 aromatic carbocycles. The van der Waals surface area contributed by atoms with Gasteiger partial charge in [0, 0.05) is 17.3 Å². The third-order valence-electron chi connectivity index (χ3n) is 3.15. The SMILES string of the molecule is O=C(O)c1cccc2ccnc(Nc3ccc(O)cc3)c12. The number of hydrogen-bond donors (Lipinski definition) is 3.